The van der Waals surface area contributed by atoms with E-state index in [0.29, 0.717) is 5.56 Å². The van der Waals surface area contributed by atoms with Crippen LogP contribution in [0.3, 0.4) is 0 Å². The molecule has 0 amide bonds. The first kappa shape index (κ1) is 17.3. The Morgan fingerprint density at radius 1 is 1.43 bits per heavy atom. The van der Waals surface area contributed by atoms with Gasteiger partial charge in [-0.2, -0.15) is 18.4 Å². The number of carbonyl (C=O) groups excluding carboxylic acids is 1. The number of thioether (sulfide) groups is 1. The molecule has 0 radical (unpaired) electrons. The Bertz CT molecular complexity index is 568. The van der Waals surface area contributed by atoms with Crippen LogP contribution in [-0.4, -0.2) is 18.1 Å². The Morgan fingerprint density at radius 2 is 2.10 bits per heavy atom. The first-order valence-corrected chi connectivity index (χ1v) is 6.79. The molecule has 0 aromatic heterocycles. The lowest BCUT2D eigenvalue weighted by molar-refractivity contribution is -0.142. The molecule has 0 spiro atoms. The zero-order chi connectivity index (χ0) is 16.0. The van der Waals surface area contributed by atoms with Crippen molar-refractivity contribution < 1.29 is 22.7 Å². The van der Waals surface area contributed by atoms with Crippen molar-refractivity contribution in [2.45, 2.75) is 30.3 Å². The highest BCUT2D eigenvalue weighted by Crippen LogP contribution is 2.39. The molecule has 1 rings (SSSR count). The van der Waals surface area contributed by atoms with Crippen molar-refractivity contribution in [3.05, 3.63) is 28.8 Å². The molecule has 0 aliphatic rings. The molecule has 21 heavy (non-hydrogen) atoms. The van der Waals surface area contributed by atoms with E-state index in [1.807, 2.05) is 0 Å². The molecule has 0 aliphatic heterocycles. The Balaban J connectivity index is 3.17. The predicted octanol–water partition coefficient (Wildman–Crippen LogP) is 2.73. The lowest BCUT2D eigenvalue weighted by atomic mass is 10.0. The summed E-state index contributed by atoms with van der Waals surface area (Å²) >= 11 is -0.328. The average molecular weight is 318 g/mol. The van der Waals surface area contributed by atoms with Gasteiger partial charge >= 0.3 is 11.5 Å². The fraction of sp³-hybridized carbons (Fsp3) is 0.385. The highest BCUT2D eigenvalue weighted by Gasteiger charge is 2.30. The second-order valence-electron chi connectivity index (χ2n) is 3.96. The van der Waals surface area contributed by atoms with E-state index >= 15 is 0 Å². The Hall–Kier alpha value is -1.72. The molecule has 1 aromatic rings. The van der Waals surface area contributed by atoms with Crippen LogP contribution in [0.1, 0.15) is 23.6 Å². The molecule has 2 N–H and O–H groups in total. The van der Waals surface area contributed by atoms with Gasteiger partial charge in [0.25, 0.3) is 0 Å². The van der Waals surface area contributed by atoms with Crippen molar-refractivity contribution in [3.63, 3.8) is 0 Å². The first-order valence-electron chi connectivity index (χ1n) is 5.98. The smallest absolute Gasteiger partial charge is 0.446 e. The van der Waals surface area contributed by atoms with Crippen LogP contribution in [0.25, 0.3) is 0 Å². The molecule has 0 aliphatic carbocycles. The van der Waals surface area contributed by atoms with Crippen molar-refractivity contribution in [1.82, 2.24) is 0 Å². The predicted molar refractivity (Wildman–Crippen MR) is 71.3 cm³/mol. The fourth-order valence-corrected chi connectivity index (χ4v) is 2.37. The summed E-state index contributed by atoms with van der Waals surface area (Å²) in [7, 11) is 0. The van der Waals surface area contributed by atoms with Crippen LogP contribution >= 0.6 is 11.8 Å². The van der Waals surface area contributed by atoms with Gasteiger partial charge in [-0.25, -0.2) is 0 Å². The van der Waals surface area contributed by atoms with Gasteiger partial charge in [0, 0.05) is 11.4 Å². The van der Waals surface area contributed by atoms with E-state index in [9.17, 15) is 18.0 Å². The molecule has 0 atom stereocenters. The number of rotatable bonds is 5. The number of benzene rings is 1. The van der Waals surface area contributed by atoms with E-state index in [2.05, 4.69) is 0 Å². The second-order valence-corrected chi connectivity index (χ2v) is 5.07. The van der Waals surface area contributed by atoms with E-state index < -0.39 is 11.5 Å². The van der Waals surface area contributed by atoms with Crippen LogP contribution in [0.15, 0.2) is 17.0 Å². The molecule has 114 valence electrons. The maximum Gasteiger partial charge on any atom is 0.446 e. The molecule has 0 bridgehead atoms. The van der Waals surface area contributed by atoms with E-state index in [4.69, 9.17) is 15.7 Å². The standard InChI is InChI=1S/C13H13F3N2O2S/c1-2-20-12(19)5-8-3-10(7-18)11(4-9(8)6-17)21-13(14,15)16/h3-4H,2,5,7,18H2,1H3. The molecule has 0 unspecified atom stereocenters. The molecule has 8 heteroatoms. The minimum absolute atomic E-state index is 0.00648. The molecule has 0 heterocycles. The molecule has 0 saturated carbocycles. The van der Waals surface area contributed by atoms with Crippen LogP contribution in [0.5, 0.6) is 0 Å². The summed E-state index contributed by atoms with van der Waals surface area (Å²) in [6.45, 7) is 1.70. The van der Waals surface area contributed by atoms with E-state index in [1.54, 1.807) is 13.0 Å². The first-order chi connectivity index (χ1) is 9.80. The third-order valence-electron chi connectivity index (χ3n) is 2.49. The van der Waals surface area contributed by atoms with Gasteiger partial charge in [0.05, 0.1) is 24.7 Å². The summed E-state index contributed by atoms with van der Waals surface area (Å²) in [4.78, 5) is 11.3. The normalized spacial score (nSPS) is 11.0. The lowest BCUT2D eigenvalue weighted by Crippen LogP contribution is -2.11. The van der Waals surface area contributed by atoms with Crippen molar-refractivity contribution >= 4 is 17.7 Å². The van der Waals surface area contributed by atoms with Gasteiger partial charge in [-0.15, -0.1) is 0 Å². The molecule has 1 aromatic carbocycles. The van der Waals surface area contributed by atoms with E-state index in [-0.39, 0.29) is 47.4 Å². The molecular weight excluding hydrogens is 305 g/mol. The van der Waals surface area contributed by atoms with Gasteiger partial charge in [-0.3, -0.25) is 4.79 Å². The number of nitrogens with zero attached hydrogens (tertiary/aromatic N) is 1. The summed E-state index contributed by atoms with van der Waals surface area (Å²) in [5, 5.41) is 9.02. The number of ether oxygens (including phenoxy) is 1. The highest BCUT2D eigenvalue weighted by atomic mass is 32.2. The molecule has 0 fully saturated rings. The largest absolute Gasteiger partial charge is 0.466 e. The van der Waals surface area contributed by atoms with Gasteiger partial charge in [-0.1, -0.05) is 6.07 Å². The topological polar surface area (TPSA) is 76.1 Å². The second kappa shape index (κ2) is 7.33. The number of esters is 1. The quantitative estimate of drug-likeness (QED) is 0.667. The Morgan fingerprint density at radius 3 is 2.57 bits per heavy atom. The number of hydrogen-bond acceptors (Lipinski definition) is 5. The molecular formula is C13H13F3N2O2S. The van der Waals surface area contributed by atoms with Crippen molar-refractivity contribution in [2.24, 2.45) is 5.73 Å². The number of alkyl halides is 3. The summed E-state index contributed by atoms with van der Waals surface area (Å²) in [5.41, 5.74) is 1.51. The maximum absolute atomic E-state index is 12.5. The van der Waals surface area contributed by atoms with Crippen molar-refractivity contribution in [3.8, 4) is 6.07 Å². The lowest BCUT2D eigenvalue weighted by Gasteiger charge is -2.13. The zero-order valence-electron chi connectivity index (χ0n) is 11.2. The van der Waals surface area contributed by atoms with E-state index in [0.717, 1.165) is 6.07 Å². The summed E-state index contributed by atoms with van der Waals surface area (Å²) in [6.07, 6.45) is -0.180. The fourth-order valence-electron chi connectivity index (χ4n) is 1.67. The monoisotopic (exact) mass is 318 g/mol. The molecule has 4 nitrogen and oxygen atoms in total. The Kier molecular flexibility index (Phi) is 6.05. The van der Waals surface area contributed by atoms with Crippen molar-refractivity contribution in [2.75, 3.05) is 6.61 Å². The third kappa shape index (κ3) is 5.28. The minimum atomic E-state index is -4.47. The molecule has 0 saturated heterocycles. The number of nitrogens with two attached hydrogens (primary N) is 1. The van der Waals surface area contributed by atoms with Gasteiger partial charge in [0.2, 0.25) is 0 Å². The minimum Gasteiger partial charge on any atom is -0.466 e. The number of nitriles is 1. The SMILES string of the molecule is CCOC(=O)Cc1cc(CN)c(SC(F)(F)F)cc1C#N. The maximum atomic E-state index is 12.5. The van der Waals surface area contributed by atoms with Gasteiger partial charge in [0.15, 0.2) is 0 Å². The van der Waals surface area contributed by atoms with Crippen LogP contribution in [-0.2, 0) is 22.5 Å². The number of halogens is 3. The Labute approximate surface area is 124 Å². The van der Waals surface area contributed by atoms with Gasteiger partial charge in [-0.05, 0) is 35.9 Å². The van der Waals surface area contributed by atoms with Crippen molar-refractivity contribution in [1.29, 1.82) is 5.26 Å². The van der Waals surface area contributed by atoms with Crippen LogP contribution in [0.4, 0.5) is 13.2 Å². The highest BCUT2D eigenvalue weighted by molar-refractivity contribution is 8.00. The van der Waals surface area contributed by atoms with Crippen LogP contribution < -0.4 is 5.73 Å². The zero-order valence-corrected chi connectivity index (χ0v) is 12.0. The van der Waals surface area contributed by atoms with Crippen LogP contribution in [0, 0.1) is 11.3 Å². The third-order valence-corrected chi connectivity index (χ3v) is 3.32. The number of hydrogen-bond donors (Lipinski definition) is 1. The average Bonchev–Trinajstić information content (AvgIpc) is 2.38. The van der Waals surface area contributed by atoms with Crippen LogP contribution in [0.2, 0.25) is 0 Å². The van der Waals surface area contributed by atoms with Gasteiger partial charge < -0.3 is 10.5 Å². The van der Waals surface area contributed by atoms with E-state index in [1.165, 1.54) is 6.07 Å². The summed E-state index contributed by atoms with van der Waals surface area (Å²) in [6, 6.07) is 4.25. The van der Waals surface area contributed by atoms with Gasteiger partial charge in [0.1, 0.15) is 0 Å². The summed E-state index contributed by atoms with van der Waals surface area (Å²) < 4.78 is 42.2. The summed E-state index contributed by atoms with van der Waals surface area (Å²) in [5.74, 6) is -0.548. The number of carbonyl (C=O) groups is 1.